The average Bonchev–Trinajstić information content (AvgIpc) is 3.39. The van der Waals surface area contributed by atoms with Crippen LogP contribution in [-0.4, -0.2) is 193 Å². The standard InChI is InChI=1S/C54H95NO18/c1-3-5-7-9-11-13-15-16-17-18-19-20-22-24-26-28-30-32-42(60)55-37(38(59)31-29-27-25-23-21-14-12-10-8-6-4-2)36-68-52-48(66)45(63)50(40(34-57)70-52)73-54-49(67)46(64)51(41(35-58)71-54)72-53-47(65)44(62)43(61)39(33-56)69-53/h11,13,16-17,21,23,29,31,37-41,43-54,56-59,61-67H,3-10,12,14-15,18-20,22,24-28,30,32-36H2,1-2H3,(H,55,60)/b13-11-,17-16-,23-21+,31-29+. The van der Waals surface area contributed by atoms with Crippen molar-refractivity contribution in [2.45, 2.75) is 259 Å². The average molecular weight is 1050 g/mol. The maximum atomic E-state index is 13.2. The van der Waals surface area contributed by atoms with Gasteiger partial charge in [0.15, 0.2) is 18.9 Å². The van der Waals surface area contributed by atoms with Crippen LogP contribution in [0.5, 0.6) is 0 Å². The first-order chi connectivity index (χ1) is 35.3. The number of amides is 1. The highest BCUT2D eigenvalue weighted by molar-refractivity contribution is 5.76. The minimum atomic E-state index is -1.98. The molecular formula is C54H95NO18. The number of carbonyl (C=O) groups excluding carboxylic acids is 1. The molecule has 12 N–H and O–H groups in total. The van der Waals surface area contributed by atoms with Crippen molar-refractivity contribution in [2.75, 3.05) is 26.4 Å². The van der Waals surface area contributed by atoms with Crippen LogP contribution in [0.4, 0.5) is 0 Å². The van der Waals surface area contributed by atoms with Crippen LogP contribution in [0, 0.1) is 0 Å². The molecule has 0 aromatic carbocycles. The van der Waals surface area contributed by atoms with Gasteiger partial charge in [0.1, 0.15) is 73.2 Å². The largest absolute Gasteiger partial charge is 0.394 e. The number of aliphatic hydroxyl groups is 11. The molecule has 424 valence electrons. The Kier molecular flexibility index (Phi) is 34.1. The van der Waals surface area contributed by atoms with E-state index in [4.69, 9.17) is 28.4 Å². The van der Waals surface area contributed by atoms with E-state index in [1.165, 1.54) is 44.9 Å². The van der Waals surface area contributed by atoms with Gasteiger partial charge in [-0.2, -0.15) is 0 Å². The first kappa shape index (κ1) is 65.0. The summed E-state index contributed by atoms with van der Waals surface area (Å²) in [7, 11) is 0. The molecule has 3 aliphatic heterocycles. The Bertz CT molecular complexity index is 1530. The van der Waals surface area contributed by atoms with Crippen molar-refractivity contribution < 1.29 is 89.4 Å². The number of hydrogen-bond donors (Lipinski definition) is 12. The van der Waals surface area contributed by atoms with Crippen LogP contribution in [0.1, 0.15) is 155 Å². The third-order valence-electron chi connectivity index (χ3n) is 13.6. The number of allylic oxidation sites excluding steroid dienone is 7. The fourth-order valence-electron chi connectivity index (χ4n) is 9.00. The Hall–Kier alpha value is -2.25. The molecule has 3 fully saturated rings. The van der Waals surface area contributed by atoms with E-state index in [0.29, 0.717) is 12.8 Å². The molecule has 3 heterocycles. The van der Waals surface area contributed by atoms with Crippen LogP contribution in [0.15, 0.2) is 48.6 Å². The summed E-state index contributed by atoms with van der Waals surface area (Å²) in [4.78, 5) is 13.2. The van der Waals surface area contributed by atoms with Gasteiger partial charge >= 0.3 is 0 Å². The second kappa shape index (κ2) is 38.3. The highest BCUT2D eigenvalue weighted by Gasteiger charge is 2.53. The van der Waals surface area contributed by atoms with Gasteiger partial charge in [0.25, 0.3) is 0 Å². The Morgan fingerprint density at radius 1 is 0.493 bits per heavy atom. The molecule has 0 saturated carbocycles. The topological polar surface area (TPSA) is 307 Å². The number of nitrogens with one attached hydrogen (secondary N) is 1. The molecular weight excluding hydrogens is 951 g/mol. The normalized spacial score (nSPS) is 32.1. The molecule has 0 bridgehead atoms. The first-order valence-corrected chi connectivity index (χ1v) is 27.4. The van der Waals surface area contributed by atoms with E-state index in [1.807, 2.05) is 6.08 Å². The van der Waals surface area contributed by atoms with E-state index in [1.54, 1.807) is 6.08 Å². The van der Waals surface area contributed by atoms with Crippen molar-refractivity contribution in [3.05, 3.63) is 48.6 Å². The van der Waals surface area contributed by atoms with Gasteiger partial charge in [-0.15, -0.1) is 0 Å². The van der Waals surface area contributed by atoms with E-state index in [9.17, 15) is 61.0 Å². The third-order valence-corrected chi connectivity index (χ3v) is 13.6. The summed E-state index contributed by atoms with van der Waals surface area (Å²) in [5.74, 6) is -0.299. The van der Waals surface area contributed by atoms with Crippen molar-refractivity contribution in [1.29, 1.82) is 0 Å². The highest BCUT2D eigenvalue weighted by Crippen LogP contribution is 2.33. The zero-order chi connectivity index (χ0) is 53.4. The summed E-state index contributed by atoms with van der Waals surface area (Å²) >= 11 is 0. The molecule has 0 aromatic rings. The molecule has 73 heavy (non-hydrogen) atoms. The fraction of sp³-hybridized carbons (Fsp3) is 0.833. The number of unbranched alkanes of at least 4 members (excludes halogenated alkanes) is 16. The quantitative estimate of drug-likeness (QED) is 0.0312. The smallest absolute Gasteiger partial charge is 0.220 e. The number of aliphatic hydroxyl groups excluding tert-OH is 11. The Labute approximate surface area is 433 Å². The lowest BCUT2D eigenvalue weighted by molar-refractivity contribution is -0.379. The number of hydrogen-bond acceptors (Lipinski definition) is 18. The summed E-state index contributed by atoms with van der Waals surface area (Å²) in [5, 5.41) is 120. The molecule has 3 rings (SSSR count). The van der Waals surface area contributed by atoms with Crippen LogP contribution in [-0.2, 0) is 33.2 Å². The second-order valence-electron chi connectivity index (χ2n) is 19.7. The van der Waals surface area contributed by atoms with Gasteiger partial charge in [-0.05, 0) is 64.2 Å². The van der Waals surface area contributed by atoms with Crippen LogP contribution in [0.2, 0.25) is 0 Å². The molecule has 19 heteroatoms. The molecule has 1 amide bonds. The molecule has 0 aliphatic carbocycles. The van der Waals surface area contributed by atoms with E-state index in [0.717, 1.165) is 77.0 Å². The Morgan fingerprint density at radius 2 is 0.918 bits per heavy atom. The molecule has 17 atom stereocenters. The summed E-state index contributed by atoms with van der Waals surface area (Å²) in [6.45, 7) is 1.60. The minimum absolute atomic E-state index is 0.225. The van der Waals surface area contributed by atoms with Gasteiger partial charge in [-0.3, -0.25) is 4.79 Å². The van der Waals surface area contributed by atoms with E-state index in [-0.39, 0.29) is 18.9 Å². The van der Waals surface area contributed by atoms with Crippen molar-refractivity contribution in [3.8, 4) is 0 Å². The third kappa shape index (κ3) is 23.5. The van der Waals surface area contributed by atoms with E-state index < -0.39 is 124 Å². The highest BCUT2D eigenvalue weighted by atomic mass is 16.8. The van der Waals surface area contributed by atoms with Gasteiger partial charge < -0.3 is 89.9 Å². The fourth-order valence-corrected chi connectivity index (χ4v) is 9.00. The Balaban J connectivity index is 1.54. The first-order valence-electron chi connectivity index (χ1n) is 27.4. The molecule has 3 aliphatic rings. The van der Waals surface area contributed by atoms with Crippen molar-refractivity contribution >= 4 is 5.91 Å². The summed E-state index contributed by atoms with van der Waals surface area (Å²) in [6, 6.07) is -0.992. The van der Waals surface area contributed by atoms with Crippen molar-refractivity contribution in [1.82, 2.24) is 5.32 Å². The molecule has 3 saturated heterocycles. The monoisotopic (exact) mass is 1050 g/mol. The maximum Gasteiger partial charge on any atom is 0.220 e. The van der Waals surface area contributed by atoms with Crippen LogP contribution in [0.3, 0.4) is 0 Å². The van der Waals surface area contributed by atoms with Gasteiger partial charge in [0.2, 0.25) is 5.91 Å². The molecule has 0 radical (unpaired) electrons. The van der Waals surface area contributed by atoms with Gasteiger partial charge in [-0.1, -0.05) is 133 Å². The maximum absolute atomic E-state index is 13.2. The molecule has 0 aromatic heterocycles. The molecule has 0 spiro atoms. The molecule has 17 unspecified atom stereocenters. The van der Waals surface area contributed by atoms with Crippen molar-refractivity contribution in [3.63, 3.8) is 0 Å². The van der Waals surface area contributed by atoms with E-state index >= 15 is 0 Å². The molecule has 19 nitrogen and oxygen atoms in total. The van der Waals surface area contributed by atoms with E-state index in [2.05, 4.69) is 55.6 Å². The second-order valence-corrected chi connectivity index (χ2v) is 19.7. The van der Waals surface area contributed by atoms with Crippen LogP contribution < -0.4 is 5.32 Å². The zero-order valence-electron chi connectivity index (χ0n) is 43.6. The predicted octanol–water partition coefficient (Wildman–Crippen LogP) is 3.14. The number of carbonyl (C=O) groups is 1. The summed E-state index contributed by atoms with van der Waals surface area (Å²) in [5.41, 5.74) is 0. The lowest BCUT2D eigenvalue weighted by Crippen LogP contribution is -2.66. The summed E-state index contributed by atoms with van der Waals surface area (Å²) in [6.07, 6.45) is 12.5. The zero-order valence-corrected chi connectivity index (χ0v) is 43.6. The van der Waals surface area contributed by atoms with Gasteiger partial charge in [-0.25, -0.2) is 0 Å². The van der Waals surface area contributed by atoms with Crippen LogP contribution in [0.25, 0.3) is 0 Å². The summed E-state index contributed by atoms with van der Waals surface area (Å²) < 4.78 is 34.1. The lowest BCUT2D eigenvalue weighted by Gasteiger charge is -2.48. The number of ether oxygens (including phenoxy) is 6. The SMILES string of the molecule is CCCCC/C=C\C/C=C\CCCCCCCCCC(=O)NC(COC1OC(CO)C(OC2OC(CO)C(OC3OC(CO)C(O)C(O)C3O)C(O)C2O)C(O)C1O)C(O)/C=C/CC/C=C/CCCCCCC. The Morgan fingerprint density at radius 3 is 1.48 bits per heavy atom. The predicted molar refractivity (Wildman–Crippen MR) is 272 cm³/mol. The minimum Gasteiger partial charge on any atom is -0.394 e. The van der Waals surface area contributed by atoms with Crippen molar-refractivity contribution in [2.24, 2.45) is 0 Å². The van der Waals surface area contributed by atoms with Gasteiger partial charge in [0.05, 0.1) is 38.6 Å². The van der Waals surface area contributed by atoms with Gasteiger partial charge in [0, 0.05) is 6.42 Å². The number of rotatable bonds is 38. The lowest BCUT2D eigenvalue weighted by atomic mass is 9.96. The van der Waals surface area contributed by atoms with Crippen LogP contribution >= 0.6 is 0 Å².